The standard InChI is InChI=1S/C11H11N3O3/c1-17-11(16)5-10(15)13-8-3-2-7-6-12-14-9(7)4-8/h2-4,6H,5H2,1H3,(H,12,14)(H,13,15). The van der Waals surface area contributed by atoms with Gasteiger partial charge in [-0.15, -0.1) is 0 Å². The van der Waals surface area contributed by atoms with Crippen molar-refractivity contribution in [2.75, 3.05) is 12.4 Å². The Balaban J connectivity index is 2.07. The summed E-state index contributed by atoms with van der Waals surface area (Å²) in [5.41, 5.74) is 1.43. The van der Waals surface area contributed by atoms with Crippen molar-refractivity contribution in [3.05, 3.63) is 24.4 Å². The molecule has 0 aliphatic rings. The maximum absolute atomic E-state index is 11.4. The summed E-state index contributed by atoms with van der Waals surface area (Å²) in [4.78, 5) is 22.3. The first-order chi connectivity index (χ1) is 8.19. The zero-order valence-electron chi connectivity index (χ0n) is 9.19. The number of hydrogen-bond acceptors (Lipinski definition) is 4. The number of amides is 1. The molecular weight excluding hydrogens is 222 g/mol. The molecule has 6 heteroatoms. The van der Waals surface area contributed by atoms with E-state index in [1.165, 1.54) is 7.11 Å². The summed E-state index contributed by atoms with van der Waals surface area (Å²) in [6.45, 7) is 0. The molecule has 0 spiro atoms. The molecule has 88 valence electrons. The second-order valence-electron chi connectivity index (χ2n) is 3.47. The van der Waals surface area contributed by atoms with Gasteiger partial charge in [-0.3, -0.25) is 14.7 Å². The van der Waals surface area contributed by atoms with Crippen LogP contribution in [0.5, 0.6) is 0 Å². The van der Waals surface area contributed by atoms with Gasteiger partial charge < -0.3 is 10.1 Å². The van der Waals surface area contributed by atoms with Crippen LogP contribution in [0.2, 0.25) is 0 Å². The second kappa shape index (κ2) is 4.65. The predicted octanol–water partition coefficient (Wildman–Crippen LogP) is 1.06. The molecular formula is C11H11N3O3. The van der Waals surface area contributed by atoms with Crippen LogP contribution in [0.4, 0.5) is 5.69 Å². The maximum Gasteiger partial charge on any atom is 0.315 e. The molecule has 0 unspecified atom stereocenters. The minimum Gasteiger partial charge on any atom is -0.469 e. The minimum absolute atomic E-state index is 0.294. The molecule has 0 saturated carbocycles. The lowest BCUT2D eigenvalue weighted by atomic mass is 10.2. The summed E-state index contributed by atoms with van der Waals surface area (Å²) >= 11 is 0. The molecule has 0 aliphatic heterocycles. The van der Waals surface area contributed by atoms with Crippen molar-refractivity contribution in [1.82, 2.24) is 10.2 Å². The third-order valence-corrected chi connectivity index (χ3v) is 2.26. The number of carbonyl (C=O) groups is 2. The molecule has 2 aromatic rings. The molecule has 1 aromatic carbocycles. The van der Waals surface area contributed by atoms with Crippen molar-refractivity contribution in [3.63, 3.8) is 0 Å². The average Bonchev–Trinajstić information content (AvgIpc) is 2.75. The van der Waals surface area contributed by atoms with Crippen molar-refractivity contribution >= 4 is 28.5 Å². The summed E-state index contributed by atoms with van der Waals surface area (Å²) in [5.74, 6) is -0.971. The Morgan fingerprint density at radius 3 is 3.06 bits per heavy atom. The smallest absolute Gasteiger partial charge is 0.315 e. The van der Waals surface area contributed by atoms with Gasteiger partial charge in [0.05, 0.1) is 18.8 Å². The summed E-state index contributed by atoms with van der Waals surface area (Å²) in [6.07, 6.45) is 1.40. The third kappa shape index (κ3) is 2.60. The van der Waals surface area contributed by atoms with Crippen LogP contribution in [-0.2, 0) is 14.3 Å². The summed E-state index contributed by atoms with van der Waals surface area (Å²) in [7, 11) is 1.24. The zero-order chi connectivity index (χ0) is 12.3. The highest BCUT2D eigenvalue weighted by Crippen LogP contribution is 2.16. The van der Waals surface area contributed by atoms with Gasteiger partial charge in [0.15, 0.2) is 0 Å². The van der Waals surface area contributed by atoms with E-state index in [1.807, 2.05) is 6.07 Å². The first-order valence-corrected chi connectivity index (χ1v) is 4.99. The largest absolute Gasteiger partial charge is 0.469 e. The summed E-state index contributed by atoms with van der Waals surface area (Å²) < 4.78 is 4.40. The van der Waals surface area contributed by atoms with Gasteiger partial charge in [0.25, 0.3) is 0 Å². The second-order valence-corrected chi connectivity index (χ2v) is 3.47. The van der Waals surface area contributed by atoms with Crippen LogP contribution in [0.1, 0.15) is 6.42 Å². The Kier molecular flexibility index (Phi) is 3.04. The predicted molar refractivity (Wildman–Crippen MR) is 61.4 cm³/mol. The van der Waals surface area contributed by atoms with Crippen molar-refractivity contribution in [3.8, 4) is 0 Å². The fourth-order valence-electron chi connectivity index (χ4n) is 1.42. The van der Waals surface area contributed by atoms with E-state index < -0.39 is 11.9 Å². The average molecular weight is 233 g/mol. The number of ether oxygens (including phenoxy) is 1. The van der Waals surface area contributed by atoms with Crippen LogP contribution in [0.3, 0.4) is 0 Å². The number of carbonyl (C=O) groups excluding carboxylic acids is 2. The Hall–Kier alpha value is -2.37. The van der Waals surface area contributed by atoms with E-state index in [0.29, 0.717) is 5.69 Å². The third-order valence-electron chi connectivity index (χ3n) is 2.26. The van der Waals surface area contributed by atoms with E-state index >= 15 is 0 Å². The summed E-state index contributed by atoms with van der Waals surface area (Å²) in [6, 6.07) is 5.32. The number of benzene rings is 1. The van der Waals surface area contributed by atoms with Gasteiger partial charge in [-0.2, -0.15) is 5.10 Å². The molecule has 6 nitrogen and oxygen atoms in total. The number of H-pyrrole nitrogens is 1. The van der Waals surface area contributed by atoms with Crippen molar-refractivity contribution in [2.45, 2.75) is 6.42 Å². The summed E-state index contributed by atoms with van der Waals surface area (Å²) in [5, 5.41) is 10.2. The van der Waals surface area contributed by atoms with Gasteiger partial charge in [0, 0.05) is 11.1 Å². The van der Waals surface area contributed by atoms with Crippen molar-refractivity contribution in [2.24, 2.45) is 0 Å². The molecule has 0 atom stereocenters. The molecule has 1 aromatic heterocycles. The van der Waals surface area contributed by atoms with Crippen LogP contribution in [0, 0.1) is 0 Å². The van der Waals surface area contributed by atoms with Gasteiger partial charge in [-0.1, -0.05) is 0 Å². The molecule has 0 fully saturated rings. The molecule has 2 rings (SSSR count). The van der Waals surface area contributed by atoms with E-state index in [2.05, 4.69) is 20.3 Å². The van der Waals surface area contributed by atoms with E-state index in [1.54, 1.807) is 18.3 Å². The quantitative estimate of drug-likeness (QED) is 0.613. The molecule has 17 heavy (non-hydrogen) atoms. The number of nitrogens with zero attached hydrogens (tertiary/aromatic N) is 1. The maximum atomic E-state index is 11.4. The number of hydrogen-bond donors (Lipinski definition) is 2. The molecule has 1 heterocycles. The minimum atomic E-state index is -0.565. The van der Waals surface area contributed by atoms with Gasteiger partial charge in [-0.25, -0.2) is 0 Å². The fraction of sp³-hybridized carbons (Fsp3) is 0.182. The SMILES string of the molecule is COC(=O)CC(=O)Nc1ccc2cn[nH]c2c1. The molecule has 0 bridgehead atoms. The first kappa shape index (κ1) is 11.1. The molecule has 0 saturated heterocycles. The van der Waals surface area contributed by atoms with Crippen molar-refractivity contribution in [1.29, 1.82) is 0 Å². The molecule has 2 N–H and O–H groups in total. The highest BCUT2D eigenvalue weighted by Gasteiger charge is 2.09. The van der Waals surface area contributed by atoms with E-state index in [4.69, 9.17) is 0 Å². The van der Waals surface area contributed by atoms with Gasteiger partial charge in [0.1, 0.15) is 6.42 Å². The fourth-order valence-corrected chi connectivity index (χ4v) is 1.42. The van der Waals surface area contributed by atoms with E-state index in [0.717, 1.165) is 10.9 Å². The number of nitrogens with one attached hydrogen (secondary N) is 2. The van der Waals surface area contributed by atoms with Crippen LogP contribution in [0.25, 0.3) is 10.9 Å². The van der Waals surface area contributed by atoms with E-state index in [9.17, 15) is 9.59 Å². The lowest BCUT2D eigenvalue weighted by Gasteiger charge is -2.04. The Morgan fingerprint density at radius 1 is 1.47 bits per heavy atom. The Bertz CT molecular complexity index is 562. The van der Waals surface area contributed by atoms with Crippen LogP contribution in [0.15, 0.2) is 24.4 Å². The number of rotatable bonds is 3. The lowest BCUT2D eigenvalue weighted by Crippen LogP contribution is -2.17. The van der Waals surface area contributed by atoms with Crippen LogP contribution < -0.4 is 5.32 Å². The molecule has 0 aliphatic carbocycles. The number of aromatic nitrogens is 2. The molecule has 1 amide bonds. The number of fused-ring (bicyclic) bond motifs is 1. The van der Waals surface area contributed by atoms with Gasteiger partial charge in [-0.05, 0) is 18.2 Å². The number of methoxy groups -OCH3 is 1. The number of aromatic amines is 1. The van der Waals surface area contributed by atoms with Gasteiger partial charge in [0.2, 0.25) is 5.91 Å². The monoisotopic (exact) mass is 233 g/mol. The topological polar surface area (TPSA) is 84.1 Å². The van der Waals surface area contributed by atoms with Gasteiger partial charge >= 0.3 is 5.97 Å². The Morgan fingerprint density at radius 2 is 2.29 bits per heavy atom. The molecule has 0 radical (unpaired) electrons. The van der Waals surface area contributed by atoms with Crippen molar-refractivity contribution < 1.29 is 14.3 Å². The first-order valence-electron chi connectivity index (χ1n) is 4.99. The highest BCUT2D eigenvalue weighted by atomic mass is 16.5. The Labute approximate surface area is 97.0 Å². The number of anilines is 1. The normalized spacial score (nSPS) is 10.2. The number of esters is 1. The van der Waals surface area contributed by atoms with Crippen LogP contribution in [-0.4, -0.2) is 29.2 Å². The lowest BCUT2D eigenvalue weighted by molar-refractivity contribution is -0.142. The van der Waals surface area contributed by atoms with Crippen LogP contribution >= 0.6 is 0 Å². The zero-order valence-corrected chi connectivity index (χ0v) is 9.19. The van der Waals surface area contributed by atoms with E-state index in [-0.39, 0.29) is 6.42 Å². The highest BCUT2D eigenvalue weighted by molar-refractivity contribution is 6.02.